The number of hydrogen-bond acceptors (Lipinski definition) is 5. The van der Waals surface area contributed by atoms with Gasteiger partial charge in [-0.1, -0.05) is 45.8 Å². The molecule has 0 spiro atoms. The summed E-state index contributed by atoms with van der Waals surface area (Å²) in [5.74, 6) is 3.92. The van der Waals surface area contributed by atoms with E-state index in [0.29, 0.717) is 35.9 Å². The molecule has 212 valence electrons. The van der Waals surface area contributed by atoms with Crippen LogP contribution in [0.2, 0.25) is 19.6 Å². The van der Waals surface area contributed by atoms with E-state index in [-0.39, 0.29) is 12.8 Å². The molecular weight excluding hydrogens is 480 g/mol. The molecule has 37 heavy (non-hydrogen) atoms. The van der Waals surface area contributed by atoms with Gasteiger partial charge in [-0.15, -0.1) is 0 Å². The number of rotatable bonds is 11. The molecule has 9 atom stereocenters. The van der Waals surface area contributed by atoms with Crippen molar-refractivity contribution in [3.05, 3.63) is 12.2 Å². The van der Waals surface area contributed by atoms with Gasteiger partial charge >= 0.3 is 5.97 Å². The standard InChI is InChI=1S/C31H54O5Si/c1-22(20-28(36-37(5,6)7)29(32)35-21-34-19-18-33-4)25-13-14-26-24-12-11-23-10-8-9-16-30(23,2)27(24)15-17-31(25,26)3/h11-12,22-28H,8-10,13-21H2,1-7H3/t22-,23+,24+,25-,26+,27+,28?,30+,31-/m1/s1. The monoisotopic (exact) mass is 534 g/mol. The van der Waals surface area contributed by atoms with Crippen LogP contribution in [-0.2, 0) is 23.4 Å². The van der Waals surface area contributed by atoms with Crippen molar-refractivity contribution in [2.75, 3.05) is 27.1 Å². The van der Waals surface area contributed by atoms with Gasteiger partial charge in [0.05, 0.1) is 13.2 Å². The molecular formula is C31H54O5Si. The normalized spacial score (nSPS) is 38.8. The Hall–Kier alpha value is -0.693. The SMILES string of the molecule is COCCOCOC(=O)C(C[C@@H](C)[C@H]1CC[C@H]2[C@@H]3C=C[C@@H]4CCCC[C@]4(C)[C@H]3CC[C@]12C)O[Si](C)(C)C. The molecule has 0 aliphatic heterocycles. The number of methoxy groups -OCH3 is 1. The molecule has 1 unspecified atom stereocenters. The van der Waals surface area contributed by atoms with Crippen LogP contribution in [0, 0.1) is 46.3 Å². The number of allylic oxidation sites excluding steroid dienone is 2. The summed E-state index contributed by atoms with van der Waals surface area (Å²) in [5.41, 5.74) is 0.855. The molecule has 0 aromatic rings. The summed E-state index contributed by atoms with van der Waals surface area (Å²) in [7, 11) is -0.290. The first-order valence-corrected chi connectivity index (χ1v) is 18.5. The lowest BCUT2D eigenvalue weighted by molar-refractivity contribution is -0.167. The van der Waals surface area contributed by atoms with Crippen molar-refractivity contribution < 1.29 is 23.4 Å². The lowest BCUT2D eigenvalue weighted by Crippen LogP contribution is -2.51. The third-order valence-electron chi connectivity index (χ3n) is 10.9. The second-order valence-electron chi connectivity index (χ2n) is 14.2. The summed E-state index contributed by atoms with van der Waals surface area (Å²) >= 11 is 0. The van der Waals surface area contributed by atoms with Gasteiger partial charge in [0.2, 0.25) is 0 Å². The molecule has 0 aromatic heterocycles. The Kier molecular flexibility index (Phi) is 9.35. The number of hydrogen-bond donors (Lipinski definition) is 0. The molecule has 4 rings (SSSR count). The molecule has 0 saturated heterocycles. The van der Waals surface area contributed by atoms with Gasteiger partial charge in [0.1, 0.15) is 6.10 Å². The van der Waals surface area contributed by atoms with Gasteiger partial charge in [0, 0.05) is 7.11 Å². The fraction of sp³-hybridized carbons (Fsp3) is 0.903. The zero-order valence-corrected chi connectivity index (χ0v) is 25.7. The van der Waals surface area contributed by atoms with Crippen LogP contribution in [0.25, 0.3) is 0 Å². The molecule has 5 nitrogen and oxygen atoms in total. The number of carbonyl (C=O) groups is 1. The minimum Gasteiger partial charge on any atom is -0.437 e. The number of carbonyl (C=O) groups excluding carboxylic acids is 1. The first-order valence-electron chi connectivity index (χ1n) is 15.1. The summed E-state index contributed by atoms with van der Waals surface area (Å²) in [6, 6.07) is 0. The van der Waals surface area contributed by atoms with Gasteiger partial charge in [-0.25, -0.2) is 4.79 Å². The topological polar surface area (TPSA) is 54.0 Å². The van der Waals surface area contributed by atoms with Crippen LogP contribution < -0.4 is 0 Å². The Morgan fingerprint density at radius 1 is 0.973 bits per heavy atom. The maximum Gasteiger partial charge on any atom is 0.336 e. The van der Waals surface area contributed by atoms with Crippen molar-refractivity contribution >= 4 is 14.3 Å². The Labute approximate surface area is 227 Å². The Morgan fingerprint density at radius 3 is 2.46 bits per heavy atom. The van der Waals surface area contributed by atoms with Crippen molar-refractivity contribution in [1.82, 2.24) is 0 Å². The van der Waals surface area contributed by atoms with Crippen LogP contribution in [0.3, 0.4) is 0 Å². The van der Waals surface area contributed by atoms with Gasteiger partial charge in [-0.3, -0.25) is 0 Å². The van der Waals surface area contributed by atoms with Crippen LogP contribution in [0.1, 0.15) is 78.6 Å². The zero-order valence-electron chi connectivity index (χ0n) is 24.7. The first-order chi connectivity index (χ1) is 17.5. The van der Waals surface area contributed by atoms with Gasteiger partial charge < -0.3 is 18.6 Å². The molecule has 0 aromatic carbocycles. The molecule has 0 radical (unpaired) electrons. The summed E-state index contributed by atoms with van der Waals surface area (Å²) in [6.45, 7) is 14.9. The van der Waals surface area contributed by atoms with E-state index < -0.39 is 14.4 Å². The second kappa shape index (κ2) is 11.8. The molecule has 0 bridgehead atoms. The third kappa shape index (κ3) is 6.23. The summed E-state index contributed by atoms with van der Waals surface area (Å²) in [5, 5.41) is 0. The van der Waals surface area contributed by atoms with E-state index >= 15 is 0 Å². The fourth-order valence-electron chi connectivity index (χ4n) is 9.15. The predicted molar refractivity (Wildman–Crippen MR) is 151 cm³/mol. The Bertz CT molecular complexity index is 808. The minimum atomic E-state index is -1.92. The average Bonchev–Trinajstić information content (AvgIpc) is 3.19. The lowest BCUT2D eigenvalue weighted by atomic mass is 9.46. The molecule has 4 aliphatic carbocycles. The van der Waals surface area contributed by atoms with Crippen molar-refractivity contribution in [3.8, 4) is 0 Å². The Morgan fingerprint density at radius 2 is 1.73 bits per heavy atom. The first kappa shape index (κ1) is 29.3. The maximum atomic E-state index is 13.1. The smallest absolute Gasteiger partial charge is 0.336 e. The minimum absolute atomic E-state index is 0.0412. The molecule has 0 amide bonds. The summed E-state index contributed by atoms with van der Waals surface area (Å²) < 4.78 is 22.3. The van der Waals surface area contributed by atoms with E-state index in [4.69, 9.17) is 18.6 Å². The van der Waals surface area contributed by atoms with Gasteiger partial charge in [0.15, 0.2) is 15.1 Å². The van der Waals surface area contributed by atoms with E-state index in [0.717, 1.165) is 30.1 Å². The van der Waals surface area contributed by atoms with Crippen LogP contribution >= 0.6 is 0 Å². The van der Waals surface area contributed by atoms with Crippen molar-refractivity contribution in [2.45, 2.75) is 104 Å². The van der Waals surface area contributed by atoms with E-state index in [9.17, 15) is 4.79 Å². The quantitative estimate of drug-likeness (QED) is 0.0921. The Balaban J connectivity index is 1.43. The van der Waals surface area contributed by atoms with Crippen LogP contribution in [-0.4, -0.2) is 47.5 Å². The van der Waals surface area contributed by atoms with Gasteiger partial charge in [-0.05, 0) is 111 Å². The maximum absolute atomic E-state index is 13.1. The van der Waals surface area contributed by atoms with Crippen molar-refractivity contribution in [2.24, 2.45) is 46.3 Å². The number of fused-ring (bicyclic) bond motifs is 5. The highest BCUT2D eigenvalue weighted by Crippen LogP contribution is 2.67. The molecule has 3 fully saturated rings. The summed E-state index contributed by atoms with van der Waals surface area (Å²) in [4.78, 5) is 13.1. The van der Waals surface area contributed by atoms with E-state index in [1.807, 2.05) is 0 Å². The molecule has 4 aliphatic rings. The highest BCUT2D eigenvalue weighted by atomic mass is 28.4. The third-order valence-corrected chi connectivity index (χ3v) is 11.9. The summed E-state index contributed by atoms with van der Waals surface area (Å²) in [6.07, 6.45) is 16.5. The van der Waals surface area contributed by atoms with Crippen LogP contribution in [0.4, 0.5) is 0 Å². The average molecular weight is 535 g/mol. The molecule has 0 N–H and O–H groups in total. The van der Waals surface area contributed by atoms with E-state index in [1.54, 1.807) is 7.11 Å². The molecule has 6 heteroatoms. The lowest BCUT2D eigenvalue weighted by Gasteiger charge is -2.58. The van der Waals surface area contributed by atoms with Crippen molar-refractivity contribution in [1.29, 1.82) is 0 Å². The molecule has 3 saturated carbocycles. The van der Waals surface area contributed by atoms with E-state index in [1.165, 1.54) is 51.4 Å². The number of ether oxygens (including phenoxy) is 3. The fourth-order valence-corrected chi connectivity index (χ4v) is 10.2. The van der Waals surface area contributed by atoms with Gasteiger partial charge in [0.25, 0.3) is 0 Å². The van der Waals surface area contributed by atoms with Crippen LogP contribution in [0.5, 0.6) is 0 Å². The van der Waals surface area contributed by atoms with E-state index in [2.05, 4.69) is 52.6 Å². The van der Waals surface area contributed by atoms with Crippen LogP contribution in [0.15, 0.2) is 12.2 Å². The highest BCUT2D eigenvalue weighted by Gasteiger charge is 2.59. The van der Waals surface area contributed by atoms with Crippen molar-refractivity contribution in [3.63, 3.8) is 0 Å². The largest absolute Gasteiger partial charge is 0.437 e. The molecule has 0 heterocycles. The highest BCUT2D eigenvalue weighted by molar-refractivity contribution is 6.69. The number of esters is 1. The zero-order chi connectivity index (χ0) is 26.8. The van der Waals surface area contributed by atoms with Gasteiger partial charge in [-0.2, -0.15) is 0 Å². The predicted octanol–water partition coefficient (Wildman–Crippen LogP) is 7.22. The second-order valence-corrected chi connectivity index (χ2v) is 18.6.